The second-order valence-electron chi connectivity index (χ2n) is 8.84. The van der Waals surface area contributed by atoms with Crippen molar-refractivity contribution in [2.24, 2.45) is 0 Å². The number of fused-ring (bicyclic) bond motifs is 1. The van der Waals surface area contributed by atoms with Crippen LogP contribution in [0.3, 0.4) is 0 Å². The summed E-state index contributed by atoms with van der Waals surface area (Å²) in [7, 11) is 0. The molecule has 2 N–H and O–H groups in total. The van der Waals surface area contributed by atoms with Crippen molar-refractivity contribution in [1.82, 2.24) is 0 Å². The zero-order chi connectivity index (χ0) is 23.2. The number of aryl methyl sites for hydroxylation is 2. The summed E-state index contributed by atoms with van der Waals surface area (Å²) in [6, 6.07) is 17.6. The van der Waals surface area contributed by atoms with E-state index in [1.165, 1.54) is 6.92 Å². The molecule has 1 aliphatic carbocycles. The van der Waals surface area contributed by atoms with Crippen LogP contribution in [0.1, 0.15) is 39.3 Å². The predicted octanol–water partition coefficient (Wildman–Crippen LogP) is 5.82. The van der Waals surface area contributed by atoms with E-state index < -0.39 is 5.41 Å². The third-order valence-corrected chi connectivity index (χ3v) is 6.44. The maximum absolute atomic E-state index is 13.3. The molecule has 2 aliphatic rings. The molecule has 0 spiro atoms. The molecule has 6 heteroatoms. The topological polar surface area (TPSA) is 76.7 Å². The standard InChI is InChI=1S/C27H26N2O4.2H2/c1-16-4-6-21(14-23(16)22-8-7-20(12-17(22)2)28-18(3)30)29-26(31)27(10-11-27)19-5-9-24-25(13-19)33-15-32-24;;/h4-9,12-14H,10-11,15H2,1-3H3,(H,28,30)(H,29,31);2*1H. The summed E-state index contributed by atoms with van der Waals surface area (Å²) in [5.41, 5.74) is 6.24. The Morgan fingerprint density at radius 3 is 2.27 bits per heavy atom. The lowest BCUT2D eigenvalue weighted by Crippen LogP contribution is -2.27. The molecular weight excluding hydrogens is 416 g/mol. The van der Waals surface area contributed by atoms with E-state index in [0.29, 0.717) is 5.75 Å². The van der Waals surface area contributed by atoms with Crippen molar-refractivity contribution in [2.75, 3.05) is 17.4 Å². The van der Waals surface area contributed by atoms with Crippen molar-refractivity contribution in [2.45, 2.75) is 39.0 Å². The Kier molecular flexibility index (Phi) is 5.08. The van der Waals surface area contributed by atoms with Gasteiger partial charge in [0.1, 0.15) is 0 Å². The minimum Gasteiger partial charge on any atom is -0.454 e. The Bertz CT molecular complexity index is 1290. The third kappa shape index (κ3) is 3.93. The van der Waals surface area contributed by atoms with Gasteiger partial charge in [0.05, 0.1) is 5.41 Å². The maximum atomic E-state index is 13.3. The van der Waals surface area contributed by atoms with Gasteiger partial charge in [-0.3, -0.25) is 9.59 Å². The van der Waals surface area contributed by atoms with Crippen molar-refractivity contribution in [3.8, 4) is 22.6 Å². The second kappa shape index (κ2) is 7.96. The lowest BCUT2D eigenvalue weighted by molar-refractivity contribution is -0.118. The molecule has 5 rings (SSSR count). The quantitative estimate of drug-likeness (QED) is 0.518. The van der Waals surface area contributed by atoms with Crippen molar-refractivity contribution >= 4 is 23.2 Å². The van der Waals surface area contributed by atoms with Gasteiger partial charge in [0.15, 0.2) is 11.5 Å². The van der Waals surface area contributed by atoms with E-state index in [9.17, 15) is 9.59 Å². The van der Waals surface area contributed by atoms with Crippen LogP contribution in [0.25, 0.3) is 11.1 Å². The number of amides is 2. The number of anilines is 2. The Morgan fingerprint density at radius 1 is 0.818 bits per heavy atom. The monoisotopic (exact) mass is 446 g/mol. The minimum absolute atomic E-state index is 0. The highest BCUT2D eigenvalue weighted by atomic mass is 16.7. The molecule has 0 radical (unpaired) electrons. The van der Waals surface area contributed by atoms with Gasteiger partial charge in [-0.25, -0.2) is 0 Å². The van der Waals surface area contributed by atoms with E-state index >= 15 is 0 Å². The summed E-state index contributed by atoms with van der Waals surface area (Å²) in [6.45, 7) is 5.78. The van der Waals surface area contributed by atoms with Crippen LogP contribution in [0.4, 0.5) is 11.4 Å². The van der Waals surface area contributed by atoms with Crippen molar-refractivity contribution in [1.29, 1.82) is 0 Å². The molecule has 1 heterocycles. The van der Waals surface area contributed by atoms with Crippen LogP contribution in [0.15, 0.2) is 54.6 Å². The molecule has 1 saturated carbocycles. The molecule has 3 aromatic carbocycles. The van der Waals surface area contributed by atoms with E-state index in [4.69, 9.17) is 9.47 Å². The molecular formula is C27H30N2O4. The minimum atomic E-state index is -0.526. The Morgan fingerprint density at radius 2 is 1.55 bits per heavy atom. The SMILES string of the molecule is CC(=O)Nc1ccc(-c2cc(NC(=O)C3(c4ccc5c(c4)OCO5)CC3)ccc2C)c(C)c1.[HH].[HH]. The van der Waals surface area contributed by atoms with Crippen LogP contribution in [0.5, 0.6) is 11.5 Å². The maximum Gasteiger partial charge on any atom is 0.235 e. The van der Waals surface area contributed by atoms with Crippen molar-refractivity contribution in [3.05, 3.63) is 71.3 Å². The number of ether oxygens (including phenoxy) is 2. The fraction of sp³-hybridized carbons (Fsp3) is 0.259. The van der Waals surface area contributed by atoms with Gasteiger partial charge in [0, 0.05) is 21.2 Å². The fourth-order valence-corrected chi connectivity index (χ4v) is 4.45. The van der Waals surface area contributed by atoms with Crippen LogP contribution in [-0.4, -0.2) is 18.6 Å². The molecule has 33 heavy (non-hydrogen) atoms. The van der Waals surface area contributed by atoms with Crippen LogP contribution >= 0.6 is 0 Å². The van der Waals surface area contributed by atoms with Gasteiger partial charge >= 0.3 is 0 Å². The molecule has 0 saturated heterocycles. The summed E-state index contributed by atoms with van der Waals surface area (Å²) in [5.74, 6) is 1.31. The zero-order valence-corrected chi connectivity index (χ0v) is 19.0. The molecule has 0 atom stereocenters. The highest BCUT2D eigenvalue weighted by molar-refractivity contribution is 6.02. The predicted molar refractivity (Wildman–Crippen MR) is 132 cm³/mol. The van der Waals surface area contributed by atoms with Gasteiger partial charge < -0.3 is 20.1 Å². The average molecular weight is 447 g/mol. The summed E-state index contributed by atoms with van der Waals surface area (Å²) in [6.07, 6.45) is 1.61. The van der Waals surface area contributed by atoms with Crippen LogP contribution in [-0.2, 0) is 15.0 Å². The number of rotatable bonds is 5. The van der Waals surface area contributed by atoms with E-state index in [-0.39, 0.29) is 21.5 Å². The van der Waals surface area contributed by atoms with Crippen LogP contribution in [0, 0.1) is 13.8 Å². The number of benzene rings is 3. The molecule has 172 valence electrons. The molecule has 1 fully saturated rings. The highest BCUT2D eigenvalue weighted by Crippen LogP contribution is 2.51. The smallest absolute Gasteiger partial charge is 0.235 e. The molecule has 6 nitrogen and oxygen atoms in total. The highest BCUT2D eigenvalue weighted by Gasteiger charge is 2.51. The van der Waals surface area contributed by atoms with Crippen LogP contribution < -0.4 is 20.1 Å². The molecule has 0 unspecified atom stereocenters. The van der Waals surface area contributed by atoms with Gasteiger partial charge in [0.25, 0.3) is 0 Å². The van der Waals surface area contributed by atoms with Crippen molar-refractivity contribution in [3.63, 3.8) is 0 Å². The van der Waals surface area contributed by atoms with Gasteiger partial charge in [-0.2, -0.15) is 0 Å². The van der Waals surface area contributed by atoms with E-state index in [2.05, 4.69) is 17.6 Å². The van der Waals surface area contributed by atoms with Gasteiger partial charge in [-0.05, 0) is 90.9 Å². The first-order valence-corrected chi connectivity index (χ1v) is 11.1. The molecule has 0 bridgehead atoms. The first-order valence-electron chi connectivity index (χ1n) is 11.1. The average Bonchev–Trinajstić information content (AvgIpc) is 3.46. The number of carbonyl (C=O) groups is 2. The van der Waals surface area contributed by atoms with Gasteiger partial charge in [-0.1, -0.05) is 18.2 Å². The van der Waals surface area contributed by atoms with E-state index in [0.717, 1.165) is 57.8 Å². The summed E-state index contributed by atoms with van der Waals surface area (Å²) in [4.78, 5) is 24.7. The first-order chi connectivity index (χ1) is 15.9. The summed E-state index contributed by atoms with van der Waals surface area (Å²) < 4.78 is 10.9. The van der Waals surface area contributed by atoms with Gasteiger partial charge in [0.2, 0.25) is 18.6 Å². The Balaban J connectivity index is 0.00000171. The number of hydrogen-bond acceptors (Lipinski definition) is 4. The lowest BCUT2D eigenvalue weighted by Gasteiger charge is -2.18. The number of hydrogen-bond donors (Lipinski definition) is 2. The second-order valence-corrected chi connectivity index (χ2v) is 8.84. The number of nitrogens with one attached hydrogen (secondary N) is 2. The molecule has 1 aliphatic heterocycles. The van der Waals surface area contributed by atoms with Crippen LogP contribution in [0.2, 0.25) is 0 Å². The number of carbonyl (C=O) groups excluding carboxylic acids is 2. The normalized spacial score (nSPS) is 15.1. The molecule has 0 aromatic heterocycles. The molecule has 3 aromatic rings. The fourth-order valence-electron chi connectivity index (χ4n) is 4.45. The Hall–Kier alpha value is -3.80. The Labute approximate surface area is 195 Å². The van der Waals surface area contributed by atoms with E-state index in [1.54, 1.807) is 0 Å². The zero-order valence-electron chi connectivity index (χ0n) is 19.0. The molecule has 2 amide bonds. The van der Waals surface area contributed by atoms with E-state index in [1.807, 2.05) is 61.5 Å². The third-order valence-electron chi connectivity index (χ3n) is 6.44. The first kappa shape index (κ1) is 21.1. The van der Waals surface area contributed by atoms with Gasteiger partial charge in [-0.15, -0.1) is 0 Å². The largest absolute Gasteiger partial charge is 0.454 e. The summed E-state index contributed by atoms with van der Waals surface area (Å²) >= 11 is 0. The lowest BCUT2D eigenvalue weighted by atomic mass is 9.93. The summed E-state index contributed by atoms with van der Waals surface area (Å²) in [5, 5.41) is 5.96. The van der Waals surface area contributed by atoms with Crippen molar-refractivity contribution < 1.29 is 21.9 Å².